The summed E-state index contributed by atoms with van der Waals surface area (Å²) in [4.78, 5) is 6.62. The maximum Gasteiger partial charge on any atom is 0.451 e. The first-order chi connectivity index (χ1) is 9.40. The molecular formula is C12H15ClF3N3O. The maximum atomic E-state index is 12.6. The van der Waals surface area contributed by atoms with Gasteiger partial charge in [0.2, 0.25) is 5.82 Å². The van der Waals surface area contributed by atoms with Gasteiger partial charge in [0.15, 0.2) is 0 Å². The molecule has 1 N–H and O–H groups in total. The average Bonchev–Trinajstić information content (AvgIpc) is 2.82. The van der Waals surface area contributed by atoms with Gasteiger partial charge in [0.25, 0.3) is 0 Å². The largest absolute Gasteiger partial charge is 0.451 e. The fraction of sp³-hybridized carbons (Fsp3) is 0.667. The van der Waals surface area contributed by atoms with Gasteiger partial charge in [-0.2, -0.15) is 13.2 Å². The summed E-state index contributed by atoms with van der Waals surface area (Å²) >= 11 is 5.59. The van der Waals surface area contributed by atoms with Crippen LogP contribution in [-0.4, -0.2) is 29.2 Å². The molecule has 0 spiro atoms. The first-order valence-corrected chi connectivity index (χ1v) is 6.75. The smallest absolute Gasteiger partial charge is 0.378 e. The summed E-state index contributed by atoms with van der Waals surface area (Å²) in [6.07, 6.45) is -2.70. The lowest BCUT2D eigenvalue weighted by Gasteiger charge is -2.18. The molecule has 20 heavy (non-hydrogen) atoms. The first kappa shape index (κ1) is 15.3. The van der Waals surface area contributed by atoms with Crippen molar-refractivity contribution in [3.63, 3.8) is 0 Å². The fourth-order valence-electron chi connectivity index (χ4n) is 2.25. The Kier molecular flexibility index (Phi) is 4.70. The summed E-state index contributed by atoms with van der Waals surface area (Å²) < 4.78 is 43.2. The van der Waals surface area contributed by atoms with Gasteiger partial charge in [-0.15, -0.1) is 0 Å². The van der Waals surface area contributed by atoms with Gasteiger partial charge >= 0.3 is 6.18 Å². The predicted molar refractivity (Wildman–Crippen MR) is 68.7 cm³/mol. The standard InChI is InChI=1S/C12H15ClF3N3O/c1-2-8-7(3-4-20-8)6-17-10-5-9(13)18-11(19-10)12(14,15)16/h5,7-8H,2-4,6H2,1H3,(H,17,18,19). The second-order valence-electron chi connectivity index (χ2n) is 4.64. The molecule has 2 rings (SSSR count). The van der Waals surface area contributed by atoms with Gasteiger partial charge in [0, 0.05) is 25.1 Å². The van der Waals surface area contributed by atoms with Crippen molar-refractivity contribution in [2.75, 3.05) is 18.5 Å². The van der Waals surface area contributed by atoms with E-state index in [4.69, 9.17) is 16.3 Å². The minimum atomic E-state index is -4.61. The van der Waals surface area contributed by atoms with E-state index in [0.717, 1.165) is 12.8 Å². The number of hydrogen-bond acceptors (Lipinski definition) is 4. The van der Waals surface area contributed by atoms with Gasteiger partial charge in [-0.05, 0) is 12.8 Å². The molecule has 1 aliphatic heterocycles. The highest BCUT2D eigenvalue weighted by molar-refractivity contribution is 6.29. The Balaban J connectivity index is 2.04. The van der Waals surface area contributed by atoms with Crippen molar-refractivity contribution in [2.45, 2.75) is 32.0 Å². The number of aromatic nitrogens is 2. The SMILES string of the molecule is CCC1OCCC1CNc1cc(Cl)nc(C(F)(F)F)n1. The molecular weight excluding hydrogens is 295 g/mol. The summed E-state index contributed by atoms with van der Waals surface area (Å²) in [5.41, 5.74) is 0. The van der Waals surface area contributed by atoms with Gasteiger partial charge in [-0.3, -0.25) is 0 Å². The van der Waals surface area contributed by atoms with E-state index in [-0.39, 0.29) is 23.0 Å². The van der Waals surface area contributed by atoms with E-state index in [0.29, 0.717) is 13.2 Å². The highest BCUT2D eigenvalue weighted by Crippen LogP contribution is 2.29. The van der Waals surface area contributed by atoms with Gasteiger partial charge in [0.05, 0.1) is 6.10 Å². The molecule has 2 heterocycles. The molecule has 1 aromatic heterocycles. The Labute approximate surface area is 119 Å². The Morgan fingerprint density at radius 3 is 2.85 bits per heavy atom. The molecule has 1 aromatic rings. The van der Waals surface area contributed by atoms with Gasteiger partial charge in [-0.25, -0.2) is 9.97 Å². The highest BCUT2D eigenvalue weighted by atomic mass is 35.5. The topological polar surface area (TPSA) is 47.0 Å². The number of ether oxygens (including phenoxy) is 1. The lowest BCUT2D eigenvalue weighted by atomic mass is 10.00. The molecule has 0 aliphatic carbocycles. The van der Waals surface area contributed by atoms with Gasteiger partial charge < -0.3 is 10.1 Å². The minimum absolute atomic E-state index is 0.0825. The Morgan fingerprint density at radius 2 is 2.20 bits per heavy atom. The number of nitrogens with zero attached hydrogens (tertiary/aromatic N) is 2. The van der Waals surface area contributed by atoms with Gasteiger partial charge in [-0.1, -0.05) is 18.5 Å². The van der Waals surface area contributed by atoms with E-state index in [2.05, 4.69) is 15.3 Å². The Morgan fingerprint density at radius 1 is 1.45 bits per heavy atom. The summed E-state index contributed by atoms with van der Waals surface area (Å²) in [5, 5.41) is 2.66. The zero-order valence-electron chi connectivity index (χ0n) is 10.9. The van der Waals surface area contributed by atoms with Crippen LogP contribution >= 0.6 is 11.6 Å². The van der Waals surface area contributed by atoms with Crippen molar-refractivity contribution in [1.29, 1.82) is 0 Å². The molecule has 1 saturated heterocycles. The van der Waals surface area contributed by atoms with Crippen LogP contribution < -0.4 is 5.32 Å². The van der Waals surface area contributed by atoms with Crippen molar-refractivity contribution in [3.05, 3.63) is 17.0 Å². The zero-order valence-corrected chi connectivity index (χ0v) is 11.6. The molecule has 0 radical (unpaired) electrons. The van der Waals surface area contributed by atoms with Crippen molar-refractivity contribution in [3.8, 4) is 0 Å². The quantitative estimate of drug-likeness (QED) is 0.866. The van der Waals surface area contributed by atoms with Crippen LogP contribution in [0.4, 0.5) is 19.0 Å². The average molecular weight is 310 g/mol. The van der Waals surface area contributed by atoms with Crippen LogP contribution in [0.3, 0.4) is 0 Å². The summed E-state index contributed by atoms with van der Waals surface area (Å²) in [6, 6.07) is 1.29. The third-order valence-corrected chi connectivity index (χ3v) is 3.44. The lowest BCUT2D eigenvalue weighted by Crippen LogP contribution is -2.23. The minimum Gasteiger partial charge on any atom is -0.378 e. The third-order valence-electron chi connectivity index (χ3n) is 3.24. The second kappa shape index (κ2) is 6.13. The number of alkyl halides is 3. The molecule has 2 unspecified atom stereocenters. The van der Waals surface area contributed by atoms with Crippen LogP contribution in [0.15, 0.2) is 6.07 Å². The molecule has 0 amide bonds. The third kappa shape index (κ3) is 3.73. The molecule has 0 aromatic carbocycles. The monoisotopic (exact) mass is 309 g/mol. The van der Waals surface area contributed by atoms with Crippen LogP contribution in [0.2, 0.25) is 5.15 Å². The molecule has 112 valence electrons. The number of halogens is 4. The Hall–Kier alpha value is -1.08. The first-order valence-electron chi connectivity index (χ1n) is 6.37. The number of rotatable bonds is 4. The number of nitrogens with one attached hydrogen (secondary N) is 1. The van der Waals surface area contributed by atoms with E-state index in [1.54, 1.807) is 0 Å². The van der Waals surface area contributed by atoms with Crippen LogP contribution in [0.25, 0.3) is 0 Å². The van der Waals surface area contributed by atoms with Crippen molar-refractivity contribution >= 4 is 17.4 Å². The van der Waals surface area contributed by atoms with Crippen molar-refractivity contribution in [2.24, 2.45) is 5.92 Å². The van der Waals surface area contributed by atoms with Crippen LogP contribution in [0, 0.1) is 5.92 Å². The second-order valence-corrected chi connectivity index (χ2v) is 5.03. The molecule has 2 atom stereocenters. The van der Waals surface area contributed by atoms with Gasteiger partial charge in [0.1, 0.15) is 11.0 Å². The summed E-state index contributed by atoms with van der Waals surface area (Å²) in [6.45, 7) is 3.21. The molecule has 4 nitrogen and oxygen atoms in total. The van der Waals surface area contributed by atoms with Crippen molar-refractivity contribution < 1.29 is 17.9 Å². The summed E-state index contributed by atoms with van der Waals surface area (Å²) in [7, 11) is 0. The van der Waals surface area contributed by atoms with Crippen LogP contribution in [-0.2, 0) is 10.9 Å². The Bertz CT molecular complexity index is 470. The maximum absolute atomic E-state index is 12.6. The van der Waals surface area contributed by atoms with E-state index in [1.807, 2.05) is 6.92 Å². The van der Waals surface area contributed by atoms with E-state index in [9.17, 15) is 13.2 Å². The van der Waals surface area contributed by atoms with Crippen LogP contribution in [0.5, 0.6) is 0 Å². The molecule has 1 fully saturated rings. The summed E-state index contributed by atoms with van der Waals surface area (Å²) in [5.74, 6) is -0.885. The number of anilines is 1. The van der Waals surface area contributed by atoms with Crippen LogP contribution in [0.1, 0.15) is 25.6 Å². The molecule has 0 saturated carbocycles. The van der Waals surface area contributed by atoms with Crippen molar-refractivity contribution in [1.82, 2.24) is 9.97 Å². The molecule has 0 bridgehead atoms. The fourth-order valence-corrected chi connectivity index (χ4v) is 2.43. The van der Waals surface area contributed by atoms with E-state index in [1.165, 1.54) is 6.07 Å². The van der Waals surface area contributed by atoms with E-state index >= 15 is 0 Å². The zero-order chi connectivity index (χ0) is 14.8. The predicted octanol–water partition coefficient (Wildman–Crippen LogP) is 3.38. The molecule has 8 heteroatoms. The number of hydrogen-bond donors (Lipinski definition) is 1. The highest BCUT2D eigenvalue weighted by Gasteiger charge is 2.35. The normalized spacial score (nSPS) is 23.1. The lowest BCUT2D eigenvalue weighted by molar-refractivity contribution is -0.144. The molecule has 1 aliphatic rings. The van der Waals surface area contributed by atoms with E-state index < -0.39 is 12.0 Å².